The molecule has 1 heterocycles. The Morgan fingerprint density at radius 2 is 2.04 bits per heavy atom. The molecule has 1 fully saturated rings. The van der Waals surface area contributed by atoms with E-state index in [1.807, 2.05) is 18.2 Å². The van der Waals surface area contributed by atoms with E-state index in [2.05, 4.69) is 34.0 Å². The summed E-state index contributed by atoms with van der Waals surface area (Å²) < 4.78 is 10.7. The number of benzene rings is 1. The monoisotopic (exact) mass is 332 g/mol. The minimum Gasteiger partial charge on any atom is -0.497 e. The summed E-state index contributed by atoms with van der Waals surface area (Å²) in [6.07, 6.45) is 2.85. The van der Waals surface area contributed by atoms with E-state index in [0.29, 0.717) is 12.6 Å². The molecule has 1 aromatic carbocycles. The van der Waals surface area contributed by atoms with Crippen molar-refractivity contribution in [2.75, 3.05) is 45.3 Å². The molecule has 1 aliphatic heterocycles. The molecular weight excluding hydrogens is 304 g/mol. The van der Waals surface area contributed by atoms with E-state index < -0.39 is 0 Å². The lowest BCUT2D eigenvalue weighted by molar-refractivity contribution is 0.394. The number of ether oxygens (including phenoxy) is 2. The second-order valence-electron chi connectivity index (χ2n) is 5.66. The number of methoxy groups -OCH3 is 2. The molecule has 0 spiro atoms. The van der Waals surface area contributed by atoms with Crippen LogP contribution >= 0.6 is 0 Å². The Morgan fingerprint density at radius 3 is 2.62 bits per heavy atom. The van der Waals surface area contributed by atoms with Gasteiger partial charge >= 0.3 is 0 Å². The van der Waals surface area contributed by atoms with Crippen LogP contribution in [-0.2, 0) is 0 Å². The lowest BCUT2D eigenvalue weighted by atomic mass is 10.2. The largest absolute Gasteiger partial charge is 0.497 e. The summed E-state index contributed by atoms with van der Waals surface area (Å²) in [6.45, 7) is 9.12. The first-order valence-electron chi connectivity index (χ1n) is 8.34. The van der Waals surface area contributed by atoms with Gasteiger partial charge in [0, 0.05) is 49.6 Å². The Labute approximate surface area is 144 Å². The zero-order valence-electron chi connectivity index (χ0n) is 14.8. The number of rotatable bonds is 7. The molecule has 2 rings (SSSR count). The fourth-order valence-corrected chi connectivity index (χ4v) is 2.76. The highest BCUT2D eigenvalue weighted by molar-refractivity contribution is 5.80. The quantitative estimate of drug-likeness (QED) is 0.454. The van der Waals surface area contributed by atoms with E-state index in [1.165, 1.54) is 0 Å². The van der Waals surface area contributed by atoms with Crippen molar-refractivity contribution >= 4 is 11.6 Å². The molecule has 1 aromatic rings. The molecular formula is C18H28N4O2. The minimum absolute atomic E-state index is 0.352. The summed E-state index contributed by atoms with van der Waals surface area (Å²) in [6, 6.07) is 6.33. The first kappa shape index (κ1) is 18.0. The molecule has 6 heteroatoms. The molecule has 0 amide bonds. The zero-order valence-corrected chi connectivity index (χ0v) is 14.8. The van der Waals surface area contributed by atoms with Crippen molar-refractivity contribution in [3.63, 3.8) is 0 Å². The fourth-order valence-electron chi connectivity index (χ4n) is 2.76. The van der Waals surface area contributed by atoms with Gasteiger partial charge in [0.05, 0.1) is 20.8 Å². The third-order valence-electron chi connectivity index (χ3n) is 3.95. The van der Waals surface area contributed by atoms with Crippen molar-refractivity contribution in [3.8, 4) is 11.5 Å². The maximum atomic E-state index is 5.36. The molecule has 1 unspecified atom stereocenters. The molecule has 1 aliphatic rings. The Hall–Kier alpha value is -2.37. The third-order valence-corrected chi connectivity index (χ3v) is 3.95. The normalized spacial score (nSPS) is 17.5. The molecule has 6 nitrogen and oxygen atoms in total. The van der Waals surface area contributed by atoms with Crippen LogP contribution in [0.15, 0.2) is 35.8 Å². The predicted octanol–water partition coefficient (Wildman–Crippen LogP) is 2.02. The Bertz CT molecular complexity index is 552. The van der Waals surface area contributed by atoms with Gasteiger partial charge in [0.1, 0.15) is 11.5 Å². The lowest BCUT2D eigenvalue weighted by Crippen LogP contribution is -2.44. The third kappa shape index (κ3) is 4.81. The van der Waals surface area contributed by atoms with Gasteiger partial charge in [-0.3, -0.25) is 0 Å². The van der Waals surface area contributed by atoms with Crippen LogP contribution in [0.1, 0.15) is 13.3 Å². The number of anilines is 1. The van der Waals surface area contributed by atoms with E-state index in [0.717, 1.165) is 49.2 Å². The van der Waals surface area contributed by atoms with Crippen LogP contribution in [0.4, 0.5) is 5.69 Å². The van der Waals surface area contributed by atoms with Crippen LogP contribution in [-0.4, -0.2) is 52.4 Å². The summed E-state index contributed by atoms with van der Waals surface area (Å²) in [5.41, 5.74) is 1.11. The highest BCUT2D eigenvalue weighted by atomic mass is 16.5. The molecule has 0 saturated carbocycles. The first-order chi connectivity index (χ1) is 11.7. The molecule has 2 N–H and O–H groups in total. The van der Waals surface area contributed by atoms with E-state index >= 15 is 0 Å². The summed E-state index contributed by atoms with van der Waals surface area (Å²) >= 11 is 0. The second kappa shape index (κ2) is 9.05. The van der Waals surface area contributed by atoms with Gasteiger partial charge in [-0.15, -0.1) is 6.58 Å². The van der Waals surface area contributed by atoms with Gasteiger partial charge in [0.15, 0.2) is 5.96 Å². The van der Waals surface area contributed by atoms with Crippen LogP contribution in [0.3, 0.4) is 0 Å². The number of nitrogens with one attached hydrogen (secondary N) is 2. The van der Waals surface area contributed by atoms with Crippen LogP contribution in [0, 0.1) is 0 Å². The second-order valence-corrected chi connectivity index (χ2v) is 5.66. The molecule has 132 valence electrons. The molecule has 0 aromatic heterocycles. The maximum absolute atomic E-state index is 5.36. The molecule has 0 radical (unpaired) electrons. The van der Waals surface area contributed by atoms with Crippen LogP contribution in [0.25, 0.3) is 0 Å². The minimum atomic E-state index is 0.352. The van der Waals surface area contributed by atoms with Gasteiger partial charge in [-0.25, -0.2) is 4.99 Å². The molecule has 0 aliphatic carbocycles. The van der Waals surface area contributed by atoms with Crippen molar-refractivity contribution in [2.24, 2.45) is 4.99 Å². The Kier molecular flexibility index (Phi) is 6.78. The summed E-state index contributed by atoms with van der Waals surface area (Å²) in [4.78, 5) is 6.80. The number of guanidine groups is 1. The average Bonchev–Trinajstić information content (AvgIpc) is 3.08. The van der Waals surface area contributed by atoms with Crippen molar-refractivity contribution in [2.45, 2.75) is 19.4 Å². The van der Waals surface area contributed by atoms with E-state index in [1.54, 1.807) is 20.3 Å². The zero-order chi connectivity index (χ0) is 17.4. The lowest BCUT2D eigenvalue weighted by Gasteiger charge is -2.21. The van der Waals surface area contributed by atoms with Gasteiger partial charge < -0.3 is 25.0 Å². The fraction of sp³-hybridized carbons (Fsp3) is 0.500. The molecule has 1 saturated heterocycles. The standard InChI is InChI=1S/C18H28N4O2/c1-5-8-20-18(19-6-2)21-14-7-9-22(13-14)15-10-16(23-3)12-17(11-15)24-4/h5,10-12,14H,1,6-9,13H2,2-4H3,(H2,19,20,21). The van der Waals surface area contributed by atoms with Crippen molar-refractivity contribution < 1.29 is 9.47 Å². The van der Waals surface area contributed by atoms with E-state index in [-0.39, 0.29) is 0 Å². The number of aliphatic imine (C=N–C) groups is 1. The van der Waals surface area contributed by atoms with Gasteiger partial charge in [-0.2, -0.15) is 0 Å². The molecule has 0 bridgehead atoms. The summed E-state index contributed by atoms with van der Waals surface area (Å²) in [5.74, 6) is 2.45. The SMILES string of the molecule is C=CCN=C(NCC)NC1CCN(c2cc(OC)cc(OC)c2)C1. The first-order valence-corrected chi connectivity index (χ1v) is 8.34. The Balaban J connectivity index is 2.03. The van der Waals surface area contributed by atoms with Gasteiger partial charge in [0.25, 0.3) is 0 Å². The number of hydrogen-bond donors (Lipinski definition) is 2. The van der Waals surface area contributed by atoms with Crippen molar-refractivity contribution in [3.05, 3.63) is 30.9 Å². The van der Waals surface area contributed by atoms with E-state index in [9.17, 15) is 0 Å². The Morgan fingerprint density at radius 1 is 1.33 bits per heavy atom. The van der Waals surface area contributed by atoms with Gasteiger partial charge in [-0.05, 0) is 13.3 Å². The van der Waals surface area contributed by atoms with Gasteiger partial charge in [0.2, 0.25) is 0 Å². The number of hydrogen-bond acceptors (Lipinski definition) is 4. The highest BCUT2D eigenvalue weighted by Gasteiger charge is 2.24. The average molecular weight is 332 g/mol. The van der Waals surface area contributed by atoms with Gasteiger partial charge in [-0.1, -0.05) is 6.08 Å². The molecule has 24 heavy (non-hydrogen) atoms. The topological polar surface area (TPSA) is 58.1 Å². The van der Waals surface area contributed by atoms with Crippen molar-refractivity contribution in [1.82, 2.24) is 10.6 Å². The van der Waals surface area contributed by atoms with Crippen molar-refractivity contribution in [1.29, 1.82) is 0 Å². The number of nitrogens with zero attached hydrogens (tertiary/aromatic N) is 2. The smallest absolute Gasteiger partial charge is 0.191 e. The highest BCUT2D eigenvalue weighted by Crippen LogP contribution is 2.30. The predicted molar refractivity (Wildman–Crippen MR) is 99.5 cm³/mol. The van der Waals surface area contributed by atoms with Crippen LogP contribution in [0.5, 0.6) is 11.5 Å². The maximum Gasteiger partial charge on any atom is 0.191 e. The molecule has 1 atom stereocenters. The van der Waals surface area contributed by atoms with Crippen LogP contribution < -0.4 is 25.0 Å². The summed E-state index contributed by atoms with van der Waals surface area (Å²) in [7, 11) is 3.34. The summed E-state index contributed by atoms with van der Waals surface area (Å²) in [5, 5.41) is 6.76. The van der Waals surface area contributed by atoms with E-state index in [4.69, 9.17) is 9.47 Å². The van der Waals surface area contributed by atoms with Crippen LogP contribution in [0.2, 0.25) is 0 Å².